The molecule has 0 bridgehead atoms. The summed E-state index contributed by atoms with van der Waals surface area (Å²) in [6, 6.07) is 13.1. The molecule has 10 heteroatoms. The van der Waals surface area contributed by atoms with Gasteiger partial charge < -0.3 is 19.5 Å². The number of thioether (sulfide) groups is 1. The molecule has 0 aliphatic carbocycles. The number of ether oxygens (including phenoxy) is 3. The van der Waals surface area contributed by atoms with Crippen LogP contribution in [0.4, 0.5) is 0 Å². The fourth-order valence-electron chi connectivity index (χ4n) is 4.77. The summed E-state index contributed by atoms with van der Waals surface area (Å²) in [6.45, 7) is 3.76. The van der Waals surface area contributed by atoms with Gasteiger partial charge in [0.05, 0.1) is 38.4 Å². The second-order valence-corrected chi connectivity index (χ2v) is 12.7. The first-order valence-electron chi connectivity index (χ1n) is 12.2. The van der Waals surface area contributed by atoms with E-state index in [4.69, 9.17) is 14.2 Å². The third-order valence-electron chi connectivity index (χ3n) is 6.52. The molecule has 196 valence electrons. The molecule has 2 aromatic carbocycles. The van der Waals surface area contributed by atoms with Crippen molar-refractivity contribution in [3.05, 3.63) is 48.0 Å². The van der Waals surface area contributed by atoms with Crippen molar-refractivity contribution in [1.29, 1.82) is 0 Å². The van der Waals surface area contributed by atoms with E-state index < -0.39 is 9.84 Å². The standard InChI is InChI=1S/C26H34N2O6S2/c1-4-34-25-13-18(5-10-24(25)33-3)15-28-16-22(35-21-8-6-20(32-2)7-9-21)14-23(28)26(29)27-19-11-12-36(30,31)17-19/h5-10,13,19,22-23H,4,11-12,14-17H2,1-3H3,(H,27,29)/t19?,22-,23+/m1/s1. The molecule has 2 aliphatic rings. The predicted octanol–water partition coefficient (Wildman–Crippen LogP) is 3.14. The van der Waals surface area contributed by atoms with E-state index in [2.05, 4.69) is 10.2 Å². The van der Waals surface area contributed by atoms with E-state index in [9.17, 15) is 13.2 Å². The Morgan fingerprint density at radius 1 is 1.11 bits per heavy atom. The van der Waals surface area contributed by atoms with Gasteiger partial charge in [-0.25, -0.2) is 8.42 Å². The molecule has 0 aromatic heterocycles. The van der Waals surface area contributed by atoms with Gasteiger partial charge in [0.2, 0.25) is 5.91 Å². The van der Waals surface area contributed by atoms with Gasteiger partial charge in [-0.15, -0.1) is 11.8 Å². The summed E-state index contributed by atoms with van der Waals surface area (Å²) < 4.78 is 40.2. The Labute approximate surface area is 217 Å². The number of carbonyl (C=O) groups excluding carboxylic acids is 1. The number of rotatable bonds is 10. The SMILES string of the molecule is CCOc1cc(CN2C[C@H](Sc3ccc(OC)cc3)C[C@H]2C(=O)NC2CCS(=O)(=O)C2)ccc1OC. The number of nitrogens with one attached hydrogen (secondary N) is 1. The fourth-order valence-corrected chi connectivity index (χ4v) is 7.67. The number of amides is 1. The summed E-state index contributed by atoms with van der Waals surface area (Å²) in [5, 5.41) is 3.23. The molecule has 1 amide bonds. The average molecular weight is 535 g/mol. The molecule has 8 nitrogen and oxygen atoms in total. The summed E-state index contributed by atoms with van der Waals surface area (Å²) >= 11 is 1.75. The third-order valence-corrected chi connectivity index (χ3v) is 9.51. The smallest absolute Gasteiger partial charge is 0.237 e. The molecule has 0 spiro atoms. The summed E-state index contributed by atoms with van der Waals surface area (Å²) in [5.74, 6) is 2.21. The Morgan fingerprint density at radius 3 is 2.53 bits per heavy atom. The predicted molar refractivity (Wildman–Crippen MR) is 141 cm³/mol. The number of hydrogen-bond donors (Lipinski definition) is 1. The van der Waals surface area contributed by atoms with Crippen molar-refractivity contribution in [2.45, 2.75) is 48.5 Å². The number of nitrogens with zero attached hydrogens (tertiary/aromatic N) is 1. The zero-order valence-electron chi connectivity index (χ0n) is 20.9. The highest BCUT2D eigenvalue weighted by Gasteiger charge is 2.39. The van der Waals surface area contributed by atoms with Crippen LogP contribution in [0.3, 0.4) is 0 Å². The maximum absolute atomic E-state index is 13.3. The summed E-state index contributed by atoms with van der Waals surface area (Å²) in [4.78, 5) is 16.6. The zero-order chi connectivity index (χ0) is 25.7. The third kappa shape index (κ3) is 6.66. The molecule has 2 saturated heterocycles. The first-order chi connectivity index (χ1) is 17.3. The van der Waals surface area contributed by atoms with Crippen LogP contribution in [-0.4, -0.2) is 75.4 Å². The lowest BCUT2D eigenvalue weighted by molar-refractivity contribution is -0.126. The Morgan fingerprint density at radius 2 is 1.89 bits per heavy atom. The van der Waals surface area contributed by atoms with E-state index in [1.54, 1.807) is 26.0 Å². The monoisotopic (exact) mass is 534 g/mol. The maximum atomic E-state index is 13.3. The zero-order valence-corrected chi connectivity index (χ0v) is 22.6. The Bertz CT molecular complexity index is 1160. The molecule has 0 radical (unpaired) electrons. The van der Waals surface area contributed by atoms with Crippen LogP contribution in [0.15, 0.2) is 47.4 Å². The van der Waals surface area contributed by atoms with Crippen LogP contribution in [0.25, 0.3) is 0 Å². The quantitative estimate of drug-likeness (QED) is 0.497. The second kappa shape index (κ2) is 11.7. The van der Waals surface area contributed by atoms with Gasteiger partial charge in [0.1, 0.15) is 5.75 Å². The average Bonchev–Trinajstić information content (AvgIpc) is 3.41. The van der Waals surface area contributed by atoms with E-state index in [-0.39, 0.29) is 34.7 Å². The van der Waals surface area contributed by atoms with Crippen LogP contribution in [0.1, 0.15) is 25.3 Å². The van der Waals surface area contributed by atoms with Gasteiger partial charge in [-0.2, -0.15) is 0 Å². The minimum Gasteiger partial charge on any atom is -0.497 e. The molecule has 1 unspecified atom stereocenters. The second-order valence-electron chi connectivity index (χ2n) is 9.12. The number of likely N-dealkylation sites (tertiary alicyclic amines) is 1. The Hall–Kier alpha value is -2.43. The molecule has 36 heavy (non-hydrogen) atoms. The molecule has 2 fully saturated rings. The van der Waals surface area contributed by atoms with Gasteiger partial charge in [0.25, 0.3) is 0 Å². The van der Waals surface area contributed by atoms with Gasteiger partial charge in [-0.05, 0) is 61.7 Å². The molecular formula is C26H34N2O6S2. The van der Waals surface area contributed by atoms with E-state index in [0.29, 0.717) is 37.5 Å². The van der Waals surface area contributed by atoms with Crippen molar-refractivity contribution in [1.82, 2.24) is 10.2 Å². The molecule has 2 heterocycles. The topological polar surface area (TPSA) is 94.2 Å². The lowest BCUT2D eigenvalue weighted by Gasteiger charge is -2.25. The molecule has 1 N–H and O–H groups in total. The Balaban J connectivity index is 1.50. The fraction of sp³-hybridized carbons (Fsp3) is 0.500. The van der Waals surface area contributed by atoms with Crippen molar-refractivity contribution >= 4 is 27.5 Å². The lowest BCUT2D eigenvalue weighted by Crippen LogP contribution is -2.47. The van der Waals surface area contributed by atoms with Gasteiger partial charge in [-0.1, -0.05) is 6.07 Å². The highest BCUT2D eigenvalue weighted by molar-refractivity contribution is 8.00. The van der Waals surface area contributed by atoms with E-state index in [1.165, 1.54) is 0 Å². The van der Waals surface area contributed by atoms with Crippen molar-refractivity contribution in [2.24, 2.45) is 0 Å². The first-order valence-corrected chi connectivity index (χ1v) is 14.9. The number of methoxy groups -OCH3 is 2. The van der Waals surface area contributed by atoms with E-state index in [0.717, 1.165) is 22.8 Å². The number of carbonyl (C=O) groups is 1. The molecular weight excluding hydrogens is 500 g/mol. The first kappa shape index (κ1) is 26.6. The van der Waals surface area contributed by atoms with Crippen LogP contribution in [0.5, 0.6) is 17.2 Å². The van der Waals surface area contributed by atoms with Gasteiger partial charge in [0, 0.05) is 29.3 Å². The maximum Gasteiger partial charge on any atom is 0.237 e. The van der Waals surface area contributed by atoms with Gasteiger partial charge >= 0.3 is 0 Å². The van der Waals surface area contributed by atoms with E-state index >= 15 is 0 Å². The Kier molecular flexibility index (Phi) is 8.69. The van der Waals surface area contributed by atoms with Crippen LogP contribution in [-0.2, 0) is 21.2 Å². The summed E-state index contributed by atoms with van der Waals surface area (Å²) in [7, 11) is 0.189. The molecule has 3 atom stereocenters. The van der Waals surface area contributed by atoms with Crippen LogP contribution in [0, 0.1) is 0 Å². The minimum absolute atomic E-state index is 0.0195. The van der Waals surface area contributed by atoms with Crippen molar-refractivity contribution in [3.8, 4) is 17.2 Å². The molecule has 2 aliphatic heterocycles. The highest BCUT2D eigenvalue weighted by atomic mass is 32.2. The van der Waals surface area contributed by atoms with Gasteiger partial charge in [-0.3, -0.25) is 9.69 Å². The van der Waals surface area contributed by atoms with Crippen molar-refractivity contribution in [2.75, 3.05) is 38.9 Å². The van der Waals surface area contributed by atoms with Crippen LogP contribution in [0.2, 0.25) is 0 Å². The molecule has 0 saturated carbocycles. The molecule has 4 rings (SSSR count). The molecule has 2 aromatic rings. The highest BCUT2D eigenvalue weighted by Crippen LogP contribution is 2.36. The number of hydrogen-bond acceptors (Lipinski definition) is 8. The lowest BCUT2D eigenvalue weighted by atomic mass is 10.1. The van der Waals surface area contributed by atoms with E-state index in [1.807, 2.05) is 49.4 Å². The summed E-state index contributed by atoms with van der Waals surface area (Å²) in [6.07, 6.45) is 1.15. The van der Waals surface area contributed by atoms with Crippen molar-refractivity contribution in [3.63, 3.8) is 0 Å². The van der Waals surface area contributed by atoms with Gasteiger partial charge in [0.15, 0.2) is 21.3 Å². The minimum atomic E-state index is -3.07. The van der Waals surface area contributed by atoms with Crippen molar-refractivity contribution < 1.29 is 27.4 Å². The van der Waals surface area contributed by atoms with Crippen LogP contribution >= 0.6 is 11.8 Å². The van der Waals surface area contributed by atoms with Crippen LogP contribution < -0.4 is 19.5 Å². The number of benzene rings is 2. The normalized spacial score (nSPS) is 23.4. The summed E-state index contributed by atoms with van der Waals surface area (Å²) in [5.41, 5.74) is 1.02. The number of sulfone groups is 1. The largest absolute Gasteiger partial charge is 0.497 e.